The van der Waals surface area contributed by atoms with Crippen molar-refractivity contribution >= 4 is 0 Å². The number of hydrogen-bond donors (Lipinski definition) is 1. The number of nitriles is 1. The van der Waals surface area contributed by atoms with Crippen LogP contribution in [0.3, 0.4) is 0 Å². The van der Waals surface area contributed by atoms with E-state index in [1.54, 1.807) is 0 Å². The Labute approximate surface area is 129 Å². The van der Waals surface area contributed by atoms with Crippen molar-refractivity contribution in [1.29, 1.82) is 10.7 Å². The van der Waals surface area contributed by atoms with E-state index in [0.29, 0.717) is 31.1 Å². The highest BCUT2D eigenvalue weighted by atomic mass is 16.5. The third kappa shape index (κ3) is 2.42. The van der Waals surface area contributed by atoms with Crippen LogP contribution < -0.4 is 5.49 Å². The molecule has 0 spiro atoms. The van der Waals surface area contributed by atoms with Crippen molar-refractivity contribution in [1.82, 2.24) is 9.78 Å². The number of aromatic nitrogens is 2. The molecule has 0 radical (unpaired) electrons. The van der Waals surface area contributed by atoms with Crippen LogP contribution in [0.4, 0.5) is 0 Å². The highest BCUT2D eigenvalue weighted by Gasteiger charge is 2.19. The zero-order valence-electron chi connectivity index (χ0n) is 12.8. The molecular weight excluding hydrogens is 276 g/mol. The molecule has 22 heavy (non-hydrogen) atoms. The number of rotatable bonds is 2. The normalized spacial score (nSPS) is 13.7. The zero-order valence-corrected chi connectivity index (χ0v) is 12.8. The fourth-order valence-corrected chi connectivity index (χ4v) is 2.66. The summed E-state index contributed by atoms with van der Waals surface area (Å²) in [6, 6.07) is 10.1. The molecule has 2 heterocycles. The maximum Gasteiger partial charge on any atom is 0.164 e. The Morgan fingerprint density at radius 2 is 2.05 bits per heavy atom. The second kappa shape index (κ2) is 5.74. The zero-order chi connectivity index (χ0) is 15.7. The molecule has 1 N–H and O–H groups in total. The first-order valence-electron chi connectivity index (χ1n) is 7.39. The van der Waals surface area contributed by atoms with Crippen LogP contribution in [0.1, 0.15) is 42.1 Å². The molecule has 5 nitrogen and oxygen atoms in total. The van der Waals surface area contributed by atoms with Crippen LogP contribution in [0.2, 0.25) is 0 Å². The van der Waals surface area contributed by atoms with Gasteiger partial charge in [0.1, 0.15) is 11.6 Å². The lowest BCUT2D eigenvalue weighted by Crippen LogP contribution is -2.30. The standard InChI is InChI=1S/C17H18N4O/c1-11(2)12-3-5-13(6-4-12)21-17(19)15(9-18)14-7-8-22-10-16(14)20-21/h3-6,11,19H,7-8,10H2,1-2H3. The monoisotopic (exact) mass is 294 g/mol. The molecule has 1 aliphatic rings. The Balaban J connectivity index is 2.15. The van der Waals surface area contributed by atoms with E-state index in [1.807, 2.05) is 24.3 Å². The Kier molecular flexibility index (Phi) is 3.78. The maximum atomic E-state index is 9.41. The van der Waals surface area contributed by atoms with Gasteiger partial charge in [0.05, 0.1) is 24.6 Å². The van der Waals surface area contributed by atoms with Crippen LogP contribution in [-0.2, 0) is 17.8 Å². The Hall–Kier alpha value is -2.45. The van der Waals surface area contributed by atoms with Crippen molar-refractivity contribution in [2.24, 2.45) is 0 Å². The van der Waals surface area contributed by atoms with Gasteiger partial charge in [-0.3, -0.25) is 5.41 Å². The van der Waals surface area contributed by atoms with Crippen molar-refractivity contribution in [3.8, 4) is 11.8 Å². The Bertz CT molecular complexity index is 797. The van der Waals surface area contributed by atoms with Gasteiger partial charge in [0.2, 0.25) is 0 Å². The van der Waals surface area contributed by atoms with Crippen LogP contribution in [-0.4, -0.2) is 16.4 Å². The molecule has 0 saturated carbocycles. The van der Waals surface area contributed by atoms with Crippen molar-refractivity contribution in [2.45, 2.75) is 32.8 Å². The summed E-state index contributed by atoms with van der Waals surface area (Å²) < 4.78 is 6.95. The quantitative estimate of drug-likeness (QED) is 0.924. The first-order valence-corrected chi connectivity index (χ1v) is 7.39. The van der Waals surface area contributed by atoms with Crippen LogP contribution >= 0.6 is 0 Å². The predicted molar refractivity (Wildman–Crippen MR) is 81.6 cm³/mol. The van der Waals surface area contributed by atoms with Gasteiger partial charge in [-0.05, 0) is 30.0 Å². The SMILES string of the molecule is CC(C)c1ccc(-n2nc3c(c(C#N)c2=N)CCOC3)cc1. The number of benzene rings is 1. The highest BCUT2D eigenvalue weighted by Crippen LogP contribution is 2.19. The lowest BCUT2D eigenvalue weighted by Gasteiger charge is -2.19. The molecule has 0 aliphatic carbocycles. The van der Waals surface area contributed by atoms with Crippen molar-refractivity contribution < 1.29 is 4.74 Å². The van der Waals surface area contributed by atoms with Gasteiger partial charge < -0.3 is 4.74 Å². The number of ether oxygens (including phenoxy) is 1. The summed E-state index contributed by atoms with van der Waals surface area (Å²) in [5, 5.41) is 22.2. The van der Waals surface area contributed by atoms with Gasteiger partial charge in [-0.2, -0.15) is 10.4 Å². The molecule has 0 atom stereocenters. The molecule has 3 rings (SSSR count). The molecule has 1 aromatic carbocycles. The summed E-state index contributed by atoms with van der Waals surface area (Å²) in [4.78, 5) is 0. The lowest BCUT2D eigenvalue weighted by atomic mass is 10.0. The van der Waals surface area contributed by atoms with Gasteiger partial charge in [-0.1, -0.05) is 26.0 Å². The van der Waals surface area contributed by atoms with E-state index in [4.69, 9.17) is 10.1 Å². The van der Waals surface area contributed by atoms with Crippen LogP contribution in [0.5, 0.6) is 0 Å². The average molecular weight is 294 g/mol. The summed E-state index contributed by atoms with van der Waals surface area (Å²) in [7, 11) is 0. The summed E-state index contributed by atoms with van der Waals surface area (Å²) in [6.45, 7) is 5.25. The number of nitrogens with one attached hydrogen (secondary N) is 1. The van der Waals surface area contributed by atoms with Gasteiger partial charge >= 0.3 is 0 Å². The van der Waals surface area contributed by atoms with Crippen molar-refractivity contribution in [2.75, 3.05) is 6.61 Å². The van der Waals surface area contributed by atoms with Gasteiger partial charge in [-0.25, -0.2) is 4.68 Å². The first-order chi connectivity index (χ1) is 10.6. The van der Waals surface area contributed by atoms with E-state index in [1.165, 1.54) is 10.2 Å². The molecule has 0 amide bonds. The average Bonchev–Trinajstić information content (AvgIpc) is 2.54. The minimum absolute atomic E-state index is 0.139. The predicted octanol–water partition coefficient (Wildman–Crippen LogP) is 2.42. The van der Waals surface area contributed by atoms with Gasteiger partial charge in [0.15, 0.2) is 5.49 Å². The van der Waals surface area contributed by atoms with Crippen LogP contribution in [0.25, 0.3) is 5.69 Å². The summed E-state index contributed by atoms with van der Waals surface area (Å²) in [5.41, 5.74) is 4.18. The molecule has 1 aliphatic heterocycles. The van der Waals surface area contributed by atoms with E-state index < -0.39 is 0 Å². The molecule has 0 fully saturated rings. The summed E-state index contributed by atoms with van der Waals surface area (Å²) in [5.74, 6) is 0.453. The van der Waals surface area contributed by atoms with E-state index in [2.05, 4.69) is 25.0 Å². The smallest absolute Gasteiger partial charge is 0.164 e. The lowest BCUT2D eigenvalue weighted by molar-refractivity contribution is 0.105. The van der Waals surface area contributed by atoms with E-state index in [-0.39, 0.29) is 5.49 Å². The van der Waals surface area contributed by atoms with E-state index in [0.717, 1.165) is 16.9 Å². The fraction of sp³-hybridized carbons (Fsp3) is 0.353. The number of hydrogen-bond acceptors (Lipinski definition) is 4. The van der Waals surface area contributed by atoms with Gasteiger partial charge in [-0.15, -0.1) is 0 Å². The molecule has 0 unspecified atom stereocenters. The molecular formula is C17H18N4O. The minimum Gasteiger partial charge on any atom is -0.375 e. The molecule has 5 heteroatoms. The van der Waals surface area contributed by atoms with E-state index >= 15 is 0 Å². The third-order valence-electron chi connectivity index (χ3n) is 3.97. The minimum atomic E-state index is 0.139. The maximum absolute atomic E-state index is 9.41. The third-order valence-corrected chi connectivity index (χ3v) is 3.97. The van der Waals surface area contributed by atoms with Crippen LogP contribution in [0, 0.1) is 16.7 Å². The highest BCUT2D eigenvalue weighted by molar-refractivity contribution is 5.42. The first kappa shape index (κ1) is 14.5. The largest absolute Gasteiger partial charge is 0.375 e. The molecule has 2 aromatic rings. The van der Waals surface area contributed by atoms with Crippen molar-refractivity contribution in [3.05, 3.63) is 52.1 Å². The second-order valence-electron chi connectivity index (χ2n) is 5.72. The summed E-state index contributed by atoms with van der Waals surface area (Å²) in [6.07, 6.45) is 0.643. The number of nitrogens with zero attached hydrogens (tertiary/aromatic N) is 3. The Morgan fingerprint density at radius 3 is 2.68 bits per heavy atom. The van der Waals surface area contributed by atoms with Gasteiger partial charge in [0, 0.05) is 5.56 Å². The topological polar surface area (TPSA) is 74.7 Å². The Morgan fingerprint density at radius 1 is 1.32 bits per heavy atom. The molecule has 112 valence electrons. The molecule has 0 saturated heterocycles. The molecule has 0 bridgehead atoms. The molecule has 1 aromatic heterocycles. The van der Waals surface area contributed by atoms with Gasteiger partial charge in [0.25, 0.3) is 0 Å². The number of fused-ring (bicyclic) bond motifs is 1. The van der Waals surface area contributed by atoms with Crippen molar-refractivity contribution in [3.63, 3.8) is 0 Å². The van der Waals surface area contributed by atoms with Crippen LogP contribution in [0.15, 0.2) is 24.3 Å². The summed E-state index contributed by atoms with van der Waals surface area (Å²) >= 11 is 0. The second-order valence-corrected chi connectivity index (χ2v) is 5.72. The van der Waals surface area contributed by atoms with E-state index in [9.17, 15) is 5.26 Å². The fourth-order valence-electron chi connectivity index (χ4n) is 2.66.